The van der Waals surface area contributed by atoms with Gasteiger partial charge in [0.25, 0.3) is 0 Å². The second-order valence-corrected chi connectivity index (χ2v) is 10.6. The number of para-hydroxylation sites is 3. The Morgan fingerprint density at radius 2 is 1.62 bits per heavy atom. The minimum Gasteiger partial charge on any atom is -0.337 e. The third-order valence-corrected chi connectivity index (χ3v) is 7.84. The summed E-state index contributed by atoms with van der Waals surface area (Å²) in [5, 5.41) is 13.4. The first kappa shape index (κ1) is 24.1. The number of thiophene rings is 1. The van der Waals surface area contributed by atoms with Crippen molar-refractivity contribution in [3.63, 3.8) is 0 Å². The molecule has 0 unspecified atom stereocenters. The Bertz CT molecular complexity index is 1790. The standard InChI is InChI=1S/C31H25N7OS/c1-19-27-28(26-13-8-18-40-26)37-25-12-7-6-11-24(25)34-29(33-22-16-14-21(15-17-22)32-20(2)39)31(37)35-30(27)38(36-19)23-9-4-3-5-10-23/h3-18,28H,1-2H3,(H,32,39)(H,33,34)/t28-/m0/s1. The lowest BCUT2D eigenvalue weighted by molar-refractivity contribution is -0.114. The maximum absolute atomic E-state index is 11.5. The molecule has 0 saturated heterocycles. The average Bonchev–Trinajstić information content (AvgIpc) is 3.62. The fraction of sp³-hybridized carbons (Fsp3) is 0.0968. The molecular formula is C31H25N7OS. The molecule has 0 bridgehead atoms. The smallest absolute Gasteiger partial charge is 0.221 e. The Morgan fingerprint density at radius 3 is 2.38 bits per heavy atom. The predicted molar refractivity (Wildman–Crippen MR) is 162 cm³/mol. The highest BCUT2D eigenvalue weighted by Crippen LogP contribution is 2.49. The number of fused-ring (bicyclic) bond motifs is 4. The predicted octanol–water partition coefficient (Wildman–Crippen LogP) is 7.00. The number of hydrogen-bond acceptors (Lipinski definition) is 7. The van der Waals surface area contributed by atoms with Crippen LogP contribution in [0.3, 0.4) is 0 Å². The van der Waals surface area contributed by atoms with Gasteiger partial charge in [-0.1, -0.05) is 36.4 Å². The Hall–Kier alpha value is -5.02. The number of amides is 1. The summed E-state index contributed by atoms with van der Waals surface area (Å²) in [6.07, 6.45) is 0. The fourth-order valence-corrected chi connectivity index (χ4v) is 6.06. The Kier molecular flexibility index (Phi) is 5.78. The van der Waals surface area contributed by atoms with Gasteiger partial charge in [-0.15, -0.1) is 11.3 Å². The van der Waals surface area contributed by atoms with Gasteiger partial charge in [0, 0.05) is 28.7 Å². The Morgan fingerprint density at radius 1 is 0.875 bits per heavy atom. The third kappa shape index (κ3) is 4.07. The monoisotopic (exact) mass is 543 g/mol. The average molecular weight is 544 g/mol. The summed E-state index contributed by atoms with van der Waals surface area (Å²) in [7, 11) is 0. The van der Waals surface area contributed by atoms with E-state index in [4.69, 9.17) is 15.1 Å². The normalized spacial score (nSPS) is 15.3. The van der Waals surface area contributed by atoms with Gasteiger partial charge in [0.2, 0.25) is 5.91 Å². The van der Waals surface area contributed by atoms with Crippen molar-refractivity contribution >= 4 is 57.5 Å². The van der Waals surface area contributed by atoms with Crippen LogP contribution in [0.1, 0.15) is 29.1 Å². The lowest BCUT2D eigenvalue weighted by atomic mass is 9.98. The number of carbonyl (C=O) groups is 1. The van der Waals surface area contributed by atoms with Gasteiger partial charge >= 0.3 is 0 Å². The van der Waals surface area contributed by atoms with Crippen molar-refractivity contribution in [2.45, 2.75) is 19.9 Å². The molecule has 0 saturated carbocycles. The molecule has 0 radical (unpaired) electrons. The number of benzene rings is 3. The summed E-state index contributed by atoms with van der Waals surface area (Å²) in [6, 6.07) is 29.9. The van der Waals surface area contributed by atoms with Crippen LogP contribution in [0.5, 0.6) is 0 Å². The maximum Gasteiger partial charge on any atom is 0.221 e. The first-order valence-corrected chi connectivity index (χ1v) is 13.8. The lowest BCUT2D eigenvalue weighted by Crippen LogP contribution is -2.46. The van der Waals surface area contributed by atoms with Gasteiger partial charge in [-0.3, -0.25) is 4.79 Å². The van der Waals surface area contributed by atoms with Gasteiger partial charge < -0.3 is 15.5 Å². The van der Waals surface area contributed by atoms with Crippen LogP contribution < -0.4 is 15.5 Å². The van der Waals surface area contributed by atoms with E-state index in [1.54, 1.807) is 11.3 Å². The second-order valence-electron chi connectivity index (χ2n) is 9.63. The second kappa shape index (κ2) is 9.62. The molecule has 8 nitrogen and oxygen atoms in total. The molecule has 1 atom stereocenters. The van der Waals surface area contributed by atoms with E-state index in [-0.39, 0.29) is 11.9 Å². The number of aryl methyl sites for hydroxylation is 1. The molecule has 40 heavy (non-hydrogen) atoms. The quantitative estimate of drug-likeness (QED) is 0.256. The van der Waals surface area contributed by atoms with Gasteiger partial charge in [-0.25, -0.2) is 14.7 Å². The van der Waals surface area contributed by atoms with Crippen LogP contribution in [-0.4, -0.2) is 27.4 Å². The summed E-state index contributed by atoms with van der Waals surface area (Å²) < 4.78 is 1.93. The zero-order valence-corrected chi connectivity index (χ0v) is 22.7. The Balaban J connectivity index is 1.42. The van der Waals surface area contributed by atoms with Crippen molar-refractivity contribution in [3.8, 4) is 5.69 Å². The van der Waals surface area contributed by atoms with E-state index in [1.165, 1.54) is 11.8 Å². The number of amidine groups is 2. The fourth-order valence-electron chi connectivity index (χ4n) is 5.24. The third-order valence-electron chi connectivity index (χ3n) is 6.92. The topological polar surface area (TPSA) is 86.9 Å². The van der Waals surface area contributed by atoms with Gasteiger partial charge in [0.1, 0.15) is 6.04 Å². The van der Waals surface area contributed by atoms with Crippen LogP contribution in [0.15, 0.2) is 106 Å². The van der Waals surface area contributed by atoms with Crippen molar-refractivity contribution < 1.29 is 4.79 Å². The zero-order valence-electron chi connectivity index (χ0n) is 21.9. The summed E-state index contributed by atoms with van der Waals surface area (Å²) in [4.78, 5) is 25.2. The van der Waals surface area contributed by atoms with E-state index in [2.05, 4.69) is 46.0 Å². The molecule has 5 aromatic rings. The molecule has 0 spiro atoms. The number of anilines is 3. The molecule has 0 aliphatic carbocycles. The summed E-state index contributed by atoms with van der Waals surface area (Å²) in [5.74, 6) is 2.04. The summed E-state index contributed by atoms with van der Waals surface area (Å²) in [6.45, 7) is 3.55. The van der Waals surface area contributed by atoms with Crippen LogP contribution in [0, 0.1) is 6.92 Å². The Labute approximate surface area is 235 Å². The zero-order chi connectivity index (χ0) is 27.2. The molecule has 3 aromatic carbocycles. The van der Waals surface area contributed by atoms with E-state index in [0.717, 1.165) is 45.5 Å². The van der Waals surface area contributed by atoms with Gasteiger partial charge in [-0.2, -0.15) is 5.10 Å². The highest BCUT2D eigenvalue weighted by atomic mass is 32.1. The van der Waals surface area contributed by atoms with Crippen LogP contribution in [0.25, 0.3) is 5.69 Å². The molecule has 0 fully saturated rings. The molecule has 2 aliphatic rings. The number of aliphatic imine (C=N–C) groups is 2. The molecule has 7 rings (SSSR count). The highest BCUT2D eigenvalue weighted by molar-refractivity contribution is 7.10. The molecule has 9 heteroatoms. The number of carbonyl (C=O) groups excluding carboxylic acids is 1. The number of aromatic nitrogens is 2. The molecule has 2 aromatic heterocycles. The number of rotatable bonds is 4. The van der Waals surface area contributed by atoms with Crippen molar-refractivity contribution in [2.75, 3.05) is 15.5 Å². The van der Waals surface area contributed by atoms with Crippen LogP contribution in [0.4, 0.5) is 28.6 Å². The van der Waals surface area contributed by atoms with E-state index >= 15 is 0 Å². The van der Waals surface area contributed by atoms with Gasteiger partial charge in [0.15, 0.2) is 17.5 Å². The van der Waals surface area contributed by atoms with Crippen LogP contribution >= 0.6 is 11.3 Å². The summed E-state index contributed by atoms with van der Waals surface area (Å²) in [5.41, 5.74) is 6.37. The van der Waals surface area contributed by atoms with Gasteiger partial charge in [-0.05, 0) is 66.9 Å². The first-order chi connectivity index (χ1) is 19.6. The van der Waals surface area contributed by atoms with E-state index in [0.29, 0.717) is 11.7 Å². The lowest BCUT2D eigenvalue weighted by Gasteiger charge is -2.40. The number of nitrogens with one attached hydrogen (secondary N) is 2. The van der Waals surface area contributed by atoms with Crippen molar-refractivity contribution in [2.24, 2.45) is 9.98 Å². The minimum atomic E-state index is -0.129. The summed E-state index contributed by atoms with van der Waals surface area (Å²) >= 11 is 1.72. The molecule has 2 aliphatic heterocycles. The minimum absolute atomic E-state index is 0.109. The van der Waals surface area contributed by atoms with Gasteiger partial charge in [0.05, 0.1) is 22.8 Å². The van der Waals surface area contributed by atoms with Crippen LogP contribution in [0.2, 0.25) is 0 Å². The number of nitrogens with zero attached hydrogens (tertiary/aromatic N) is 5. The van der Waals surface area contributed by atoms with Crippen LogP contribution in [-0.2, 0) is 4.79 Å². The number of hydrogen-bond donors (Lipinski definition) is 2. The molecule has 4 heterocycles. The first-order valence-electron chi connectivity index (χ1n) is 13.0. The van der Waals surface area contributed by atoms with Crippen molar-refractivity contribution in [3.05, 3.63) is 113 Å². The molecule has 2 N–H and O–H groups in total. The molecular weight excluding hydrogens is 518 g/mol. The van der Waals surface area contributed by atoms with Crippen molar-refractivity contribution in [1.29, 1.82) is 0 Å². The largest absolute Gasteiger partial charge is 0.337 e. The van der Waals surface area contributed by atoms with E-state index < -0.39 is 0 Å². The van der Waals surface area contributed by atoms with Crippen molar-refractivity contribution in [1.82, 2.24) is 9.78 Å². The molecule has 196 valence electrons. The highest BCUT2D eigenvalue weighted by Gasteiger charge is 2.41. The molecule has 1 amide bonds. The van der Waals surface area contributed by atoms with E-state index in [1.807, 2.05) is 77.5 Å². The SMILES string of the molecule is CC(=O)Nc1ccc(NC2=Nc3ccccc3N3C2=Nc2c(c(C)nn2-c2ccccc2)[C@@H]3c2cccs2)cc1. The van der Waals surface area contributed by atoms with E-state index in [9.17, 15) is 4.79 Å². The maximum atomic E-state index is 11.5.